The second kappa shape index (κ2) is 6.51. The summed E-state index contributed by atoms with van der Waals surface area (Å²) in [5.41, 5.74) is 1.31. The Bertz CT molecular complexity index is 884. The molecule has 6 nitrogen and oxygen atoms in total. The van der Waals surface area contributed by atoms with Crippen LogP contribution in [-0.2, 0) is 0 Å². The monoisotopic (exact) mass is 339 g/mol. The van der Waals surface area contributed by atoms with Crippen LogP contribution >= 0.6 is 0 Å². The number of nitrogens with one attached hydrogen (secondary N) is 1. The van der Waals surface area contributed by atoms with Gasteiger partial charge in [-0.2, -0.15) is 9.61 Å². The minimum atomic E-state index is -0.341. The summed E-state index contributed by atoms with van der Waals surface area (Å²) in [4.78, 5) is 18.8. The number of anilines is 1. The van der Waals surface area contributed by atoms with Crippen molar-refractivity contribution in [1.82, 2.24) is 19.9 Å². The maximum absolute atomic E-state index is 13.0. The summed E-state index contributed by atoms with van der Waals surface area (Å²) >= 11 is 0. The van der Waals surface area contributed by atoms with Crippen molar-refractivity contribution in [3.63, 3.8) is 0 Å². The van der Waals surface area contributed by atoms with Gasteiger partial charge in [0.15, 0.2) is 5.65 Å². The highest BCUT2D eigenvalue weighted by Crippen LogP contribution is 2.20. The van der Waals surface area contributed by atoms with Gasteiger partial charge in [-0.3, -0.25) is 4.79 Å². The first-order chi connectivity index (χ1) is 12.2. The minimum Gasteiger partial charge on any atom is -0.356 e. The number of rotatable bonds is 3. The van der Waals surface area contributed by atoms with E-state index in [0.29, 0.717) is 5.56 Å². The second-order valence-corrected chi connectivity index (χ2v) is 6.15. The fourth-order valence-corrected chi connectivity index (χ4v) is 3.18. The molecule has 0 saturated carbocycles. The quantitative estimate of drug-likeness (QED) is 0.795. The Balaban J connectivity index is 1.39. The molecule has 3 aromatic rings. The van der Waals surface area contributed by atoms with Crippen molar-refractivity contribution < 1.29 is 9.18 Å². The summed E-state index contributed by atoms with van der Waals surface area (Å²) in [6.07, 6.45) is 5.21. The average Bonchev–Trinajstić information content (AvgIpc) is 3.12. The lowest BCUT2D eigenvalue weighted by Gasteiger charge is -2.33. The van der Waals surface area contributed by atoms with Crippen LogP contribution in [-0.4, -0.2) is 39.6 Å². The first kappa shape index (κ1) is 15.6. The maximum Gasteiger partial charge on any atom is 0.251 e. The standard InChI is InChI=1S/C18H18FN5O/c19-14-3-1-13(2-4-14)18(25)22-15-7-11-23(12-8-15)17-6-9-20-16-5-10-21-24(16)17/h1-6,9-10,15H,7-8,11-12H2,(H,22,25). The van der Waals surface area contributed by atoms with Crippen molar-refractivity contribution in [1.29, 1.82) is 0 Å². The highest BCUT2D eigenvalue weighted by molar-refractivity contribution is 5.94. The van der Waals surface area contributed by atoms with Crippen LogP contribution in [0.3, 0.4) is 0 Å². The molecule has 0 aliphatic carbocycles. The van der Waals surface area contributed by atoms with Crippen LogP contribution in [0.25, 0.3) is 5.65 Å². The summed E-state index contributed by atoms with van der Waals surface area (Å²) < 4.78 is 14.8. The van der Waals surface area contributed by atoms with Crippen LogP contribution < -0.4 is 10.2 Å². The van der Waals surface area contributed by atoms with E-state index in [1.807, 2.05) is 16.6 Å². The van der Waals surface area contributed by atoms with Gasteiger partial charge < -0.3 is 10.2 Å². The Morgan fingerprint density at radius 2 is 1.84 bits per heavy atom. The maximum atomic E-state index is 13.0. The number of fused-ring (bicyclic) bond motifs is 1. The predicted molar refractivity (Wildman–Crippen MR) is 92.1 cm³/mol. The molecule has 4 rings (SSSR count). The van der Waals surface area contributed by atoms with E-state index in [1.54, 1.807) is 12.4 Å². The molecule has 2 aromatic heterocycles. The lowest BCUT2D eigenvalue weighted by Crippen LogP contribution is -2.45. The SMILES string of the molecule is O=C(NC1CCN(c2ccnc3ccnn23)CC1)c1ccc(F)cc1. The van der Waals surface area contributed by atoms with Crippen LogP contribution in [0, 0.1) is 5.82 Å². The zero-order chi connectivity index (χ0) is 17.2. The molecule has 128 valence electrons. The molecule has 1 fully saturated rings. The van der Waals surface area contributed by atoms with Gasteiger partial charge in [0.2, 0.25) is 0 Å². The van der Waals surface area contributed by atoms with Gasteiger partial charge in [-0.05, 0) is 43.2 Å². The summed E-state index contributed by atoms with van der Waals surface area (Å²) in [6, 6.07) is 9.56. The summed E-state index contributed by atoms with van der Waals surface area (Å²) in [5.74, 6) is 0.516. The highest BCUT2D eigenvalue weighted by Gasteiger charge is 2.22. The lowest BCUT2D eigenvalue weighted by molar-refractivity contribution is 0.0931. The number of piperidine rings is 1. The van der Waals surface area contributed by atoms with Crippen LogP contribution in [0.2, 0.25) is 0 Å². The topological polar surface area (TPSA) is 62.5 Å². The minimum absolute atomic E-state index is 0.115. The largest absolute Gasteiger partial charge is 0.356 e. The molecule has 0 spiro atoms. The second-order valence-electron chi connectivity index (χ2n) is 6.15. The molecule has 1 aromatic carbocycles. The van der Waals surface area contributed by atoms with Gasteiger partial charge in [0.1, 0.15) is 11.6 Å². The Morgan fingerprint density at radius 1 is 1.08 bits per heavy atom. The van der Waals surface area contributed by atoms with E-state index in [4.69, 9.17) is 0 Å². The van der Waals surface area contributed by atoms with E-state index in [9.17, 15) is 9.18 Å². The van der Waals surface area contributed by atoms with Gasteiger partial charge >= 0.3 is 0 Å². The number of carbonyl (C=O) groups is 1. The smallest absolute Gasteiger partial charge is 0.251 e. The Kier molecular flexibility index (Phi) is 4.05. The van der Waals surface area contributed by atoms with Crippen molar-refractivity contribution in [2.45, 2.75) is 18.9 Å². The van der Waals surface area contributed by atoms with E-state index in [1.165, 1.54) is 24.3 Å². The number of hydrogen-bond donors (Lipinski definition) is 1. The predicted octanol–water partition coefficient (Wildman–Crippen LogP) is 2.27. The van der Waals surface area contributed by atoms with Gasteiger partial charge in [-0.1, -0.05) is 0 Å². The van der Waals surface area contributed by atoms with Crippen molar-refractivity contribution in [2.24, 2.45) is 0 Å². The van der Waals surface area contributed by atoms with Crippen LogP contribution in [0.4, 0.5) is 10.2 Å². The third-order valence-electron chi connectivity index (χ3n) is 4.53. The summed E-state index contributed by atoms with van der Waals surface area (Å²) in [5, 5.41) is 7.36. The number of halogens is 1. The van der Waals surface area contributed by atoms with Crippen LogP contribution in [0.5, 0.6) is 0 Å². The fourth-order valence-electron chi connectivity index (χ4n) is 3.18. The fraction of sp³-hybridized carbons (Fsp3) is 0.278. The molecular formula is C18H18FN5O. The van der Waals surface area contributed by atoms with Gasteiger partial charge in [0.05, 0.1) is 6.20 Å². The van der Waals surface area contributed by atoms with Crippen molar-refractivity contribution in [3.05, 3.63) is 60.2 Å². The third-order valence-corrected chi connectivity index (χ3v) is 4.53. The molecule has 3 heterocycles. The Morgan fingerprint density at radius 3 is 2.60 bits per heavy atom. The third kappa shape index (κ3) is 3.17. The van der Waals surface area contributed by atoms with E-state index in [2.05, 4.69) is 20.3 Å². The molecule has 7 heteroatoms. The number of amides is 1. The van der Waals surface area contributed by atoms with Gasteiger partial charge in [-0.15, -0.1) is 0 Å². The molecule has 1 N–H and O–H groups in total. The van der Waals surface area contributed by atoms with Gasteiger partial charge in [0.25, 0.3) is 5.91 Å². The Hall–Kier alpha value is -2.96. The summed E-state index contributed by atoms with van der Waals surface area (Å²) in [7, 11) is 0. The summed E-state index contributed by atoms with van der Waals surface area (Å²) in [6.45, 7) is 1.65. The first-order valence-corrected chi connectivity index (χ1v) is 8.31. The van der Waals surface area contributed by atoms with E-state index in [0.717, 1.165) is 37.4 Å². The number of nitrogens with zero attached hydrogens (tertiary/aromatic N) is 4. The zero-order valence-corrected chi connectivity index (χ0v) is 13.6. The van der Waals surface area contributed by atoms with E-state index < -0.39 is 0 Å². The van der Waals surface area contributed by atoms with Crippen molar-refractivity contribution in [3.8, 4) is 0 Å². The van der Waals surface area contributed by atoms with Crippen LogP contribution in [0.1, 0.15) is 23.2 Å². The molecular weight excluding hydrogens is 321 g/mol. The molecule has 1 saturated heterocycles. The number of aromatic nitrogens is 3. The molecule has 0 atom stereocenters. The number of carbonyl (C=O) groups excluding carboxylic acids is 1. The molecule has 1 aliphatic heterocycles. The molecule has 1 aliphatic rings. The highest BCUT2D eigenvalue weighted by atomic mass is 19.1. The van der Waals surface area contributed by atoms with Crippen molar-refractivity contribution >= 4 is 17.4 Å². The van der Waals surface area contributed by atoms with Gasteiger partial charge in [0, 0.05) is 37.0 Å². The molecule has 25 heavy (non-hydrogen) atoms. The molecule has 0 radical (unpaired) electrons. The van der Waals surface area contributed by atoms with Crippen LogP contribution in [0.15, 0.2) is 48.8 Å². The van der Waals surface area contributed by atoms with E-state index >= 15 is 0 Å². The van der Waals surface area contributed by atoms with Crippen molar-refractivity contribution in [2.75, 3.05) is 18.0 Å². The van der Waals surface area contributed by atoms with E-state index in [-0.39, 0.29) is 17.8 Å². The molecule has 0 unspecified atom stereocenters. The van der Waals surface area contributed by atoms with Gasteiger partial charge in [-0.25, -0.2) is 9.37 Å². The number of hydrogen-bond acceptors (Lipinski definition) is 4. The average molecular weight is 339 g/mol. The Labute approximate surface area is 144 Å². The lowest BCUT2D eigenvalue weighted by atomic mass is 10.0. The zero-order valence-electron chi connectivity index (χ0n) is 13.6. The molecule has 1 amide bonds. The molecule has 0 bridgehead atoms. The normalized spacial score (nSPS) is 15.5. The first-order valence-electron chi connectivity index (χ1n) is 8.31. The number of benzene rings is 1.